The number of rotatable bonds is 7. The maximum atomic E-state index is 12.2. The smallest absolute Gasteiger partial charge is 0.340 e. The van der Waals surface area contributed by atoms with Crippen molar-refractivity contribution >= 4 is 17.3 Å². The van der Waals surface area contributed by atoms with Gasteiger partial charge in [-0.25, -0.2) is 4.79 Å². The number of esters is 1. The molecular weight excluding hydrogens is 298 g/mol. The lowest BCUT2D eigenvalue weighted by molar-refractivity contribution is -0.160. The molecule has 1 N–H and O–H groups in total. The van der Waals surface area contributed by atoms with Crippen LogP contribution in [0.5, 0.6) is 0 Å². The summed E-state index contributed by atoms with van der Waals surface area (Å²) in [6.45, 7) is 0.803. The first kappa shape index (κ1) is 16.7. The molecule has 1 aromatic heterocycles. The molecule has 2 rings (SSSR count). The summed E-state index contributed by atoms with van der Waals surface area (Å²) in [5, 5.41) is 12.1. The Hall–Kier alpha value is -1.69. The molecule has 2 atom stereocenters. The van der Waals surface area contributed by atoms with E-state index >= 15 is 0 Å². The van der Waals surface area contributed by atoms with Gasteiger partial charge in [-0.15, -0.1) is 11.3 Å². The predicted molar refractivity (Wildman–Crippen MR) is 87.7 cm³/mol. The molecule has 0 radical (unpaired) electrons. The molecular formula is C17H21NO3S. The third-order valence-electron chi connectivity index (χ3n) is 3.30. The highest BCUT2D eigenvalue weighted by molar-refractivity contribution is 7.10. The van der Waals surface area contributed by atoms with Gasteiger partial charge in [-0.05, 0) is 31.1 Å². The Bertz CT molecular complexity index is 569. The molecule has 1 unspecified atom stereocenters. The summed E-state index contributed by atoms with van der Waals surface area (Å²) in [5.74, 6) is -0.608. The fourth-order valence-electron chi connectivity index (χ4n) is 2.09. The molecule has 0 aliphatic carbocycles. The molecule has 0 saturated heterocycles. The van der Waals surface area contributed by atoms with Crippen molar-refractivity contribution < 1.29 is 14.6 Å². The van der Waals surface area contributed by atoms with Gasteiger partial charge in [-0.2, -0.15) is 0 Å². The average Bonchev–Trinajstić information content (AvgIpc) is 3.05. The number of hydrogen-bond acceptors (Lipinski definition) is 5. The minimum absolute atomic E-state index is 0.326. The molecule has 0 bridgehead atoms. The molecule has 0 fully saturated rings. The Labute approximate surface area is 135 Å². The van der Waals surface area contributed by atoms with Gasteiger partial charge >= 0.3 is 5.97 Å². The van der Waals surface area contributed by atoms with E-state index in [-0.39, 0.29) is 6.10 Å². The van der Waals surface area contributed by atoms with Gasteiger partial charge in [0.25, 0.3) is 0 Å². The zero-order chi connectivity index (χ0) is 15.9. The third kappa shape index (κ3) is 4.66. The van der Waals surface area contributed by atoms with Crippen molar-refractivity contribution in [1.82, 2.24) is 4.90 Å². The van der Waals surface area contributed by atoms with E-state index in [1.165, 1.54) is 0 Å². The quantitative estimate of drug-likeness (QED) is 0.797. The third-order valence-corrected chi connectivity index (χ3v) is 4.26. The number of nitrogens with zero attached hydrogens (tertiary/aromatic N) is 1. The summed E-state index contributed by atoms with van der Waals surface area (Å²) < 4.78 is 5.56. The number of aliphatic hydroxyl groups excluding tert-OH is 1. The van der Waals surface area contributed by atoms with Gasteiger partial charge in [0.2, 0.25) is 0 Å². The van der Waals surface area contributed by atoms with E-state index < -0.39 is 12.1 Å². The van der Waals surface area contributed by atoms with Crippen molar-refractivity contribution in [3.05, 3.63) is 58.3 Å². The molecule has 0 saturated carbocycles. The van der Waals surface area contributed by atoms with Crippen molar-refractivity contribution in [2.45, 2.75) is 18.6 Å². The number of hydrogen-bond donors (Lipinski definition) is 1. The number of ether oxygens (including phenoxy) is 1. The van der Waals surface area contributed by atoms with Crippen LogP contribution in [0, 0.1) is 0 Å². The molecule has 22 heavy (non-hydrogen) atoms. The van der Waals surface area contributed by atoms with E-state index in [0.717, 1.165) is 11.4 Å². The fourth-order valence-corrected chi connectivity index (χ4v) is 2.87. The molecule has 0 aliphatic rings. The van der Waals surface area contributed by atoms with Crippen LogP contribution < -0.4 is 0 Å². The Kier molecular flexibility index (Phi) is 6.12. The van der Waals surface area contributed by atoms with Crippen LogP contribution in [0.25, 0.3) is 0 Å². The number of aliphatic hydroxyl groups is 1. The number of carbonyl (C=O) groups excluding carboxylic acids is 1. The number of carbonyl (C=O) groups is 1. The fraction of sp³-hybridized carbons (Fsp3) is 0.353. The minimum Gasteiger partial charge on any atom is -0.454 e. The van der Waals surface area contributed by atoms with Crippen LogP contribution in [0.1, 0.15) is 29.1 Å². The Morgan fingerprint density at radius 3 is 2.55 bits per heavy atom. The first-order valence-corrected chi connectivity index (χ1v) is 8.07. The second-order valence-corrected chi connectivity index (χ2v) is 6.33. The summed E-state index contributed by atoms with van der Waals surface area (Å²) in [6.07, 6.45) is -0.878. The molecule has 0 amide bonds. The van der Waals surface area contributed by atoms with Crippen LogP contribution in [0.3, 0.4) is 0 Å². The zero-order valence-corrected chi connectivity index (χ0v) is 13.6. The van der Waals surface area contributed by atoms with Crippen molar-refractivity contribution in [3.63, 3.8) is 0 Å². The highest BCUT2D eigenvalue weighted by atomic mass is 32.1. The van der Waals surface area contributed by atoms with E-state index in [2.05, 4.69) is 0 Å². The summed E-state index contributed by atoms with van der Waals surface area (Å²) in [4.78, 5) is 15.3. The normalized spacial score (nSPS) is 13.8. The topological polar surface area (TPSA) is 49.8 Å². The van der Waals surface area contributed by atoms with Crippen LogP contribution in [0.15, 0.2) is 47.8 Å². The van der Waals surface area contributed by atoms with E-state index in [0.29, 0.717) is 12.0 Å². The van der Waals surface area contributed by atoms with E-state index in [1.54, 1.807) is 35.6 Å². The standard InChI is InChI=1S/C17H21NO3S/c1-18(2)11-10-14(15-9-6-12-22-15)21-17(20)16(19)13-7-4-3-5-8-13/h3-9,12,14,16,19H,10-11H2,1-2H3/t14?,16-/m0/s1. The second kappa shape index (κ2) is 8.08. The average molecular weight is 319 g/mol. The Balaban J connectivity index is 2.04. The molecule has 5 heteroatoms. The SMILES string of the molecule is CN(C)CCC(OC(=O)[C@@H](O)c1ccccc1)c1cccs1. The second-order valence-electron chi connectivity index (χ2n) is 5.35. The largest absolute Gasteiger partial charge is 0.454 e. The van der Waals surface area contributed by atoms with Gasteiger partial charge in [-0.1, -0.05) is 36.4 Å². The van der Waals surface area contributed by atoms with Crippen LogP contribution in [-0.4, -0.2) is 36.6 Å². The van der Waals surface area contributed by atoms with Crippen molar-refractivity contribution in [2.75, 3.05) is 20.6 Å². The molecule has 0 spiro atoms. The maximum Gasteiger partial charge on any atom is 0.340 e. The lowest BCUT2D eigenvalue weighted by Crippen LogP contribution is -2.22. The molecule has 2 aromatic rings. The van der Waals surface area contributed by atoms with Gasteiger partial charge in [0.15, 0.2) is 6.10 Å². The van der Waals surface area contributed by atoms with Crippen molar-refractivity contribution in [1.29, 1.82) is 0 Å². The highest BCUT2D eigenvalue weighted by Crippen LogP contribution is 2.28. The van der Waals surface area contributed by atoms with Crippen LogP contribution >= 0.6 is 11.3 Å². The van der Waals surface area contributed by atoms with Gasteiger partial charge in [0.1, 0.15) is 6.10 Å². The van der Waals surface area contributed by atoms with Gasteiger partial charge in [0, 0.05) is 17.8 Å². The predicted octanol–water partition coefficient (Wildman–Crippen LogP) is 3.02. The minimum atomic E-state index is -1.25. The van der Waals surface area contributed by atoms with Gasteiger partial charge in [-0.3, -0.25) is 0 Å². The molecule has 4 nitrogen and oxygen atoms in total. The van der Waals surface area contributed by atoms with Crippen LogP contribution in [0.2, 0.25) is 0 Å². The van der Waals surface area contributed by atoms with E-state index in [4.69, 9.17) is 4.74 Å². The lowest BCUT2D eigenvalue weighted by atomic mass is 10.1. The Morgan fingerprint density at radius 2 is 1.95 bits per heavy atom. The van der Waals surface area contributed by atoms with Gasteiger partial charge < -0.3 is 14.7 Å². The Morgan fingerprint density at radius 1 is 1.23 bits per heavy atom. The van der Waals surface area contributed by atoms with Gasteiger partial charge in [0.05, 0.1) is 0 Å². The molecule has 118 valence electrons. The summed E-state index contributed by atoms with van der Waals surface area (Å²) in [7, 11) is 3.96. The number of benzene rings is 1. The van der Waals surface area contributed by atoms with Crippen molar-refractivity contribution in [3.8, 4) is 0 Å². The van der Waals surface area contributed by atoms with Crippen LogP contribution in [0.4, 0.5) is 0 Å². The van der Waals surface area contributed by atoms with E-state index in [1.807, 2.05) is 42.6 Å². The zero-order valence-electron chi connectivity index (χ0n) is 12.8. The van der Waals surface area contributed by atoms with Crippen molar-refractivity contribution in [2.24, 2.45) is 0 Å². The first-order chi connectivity index (χ1) is 10.6. The lowest BCUT2D eigenvalue weighted by Gasteiger charge is -2.20. The van der Waals surface area contributed by atoms with E-state index in [9.17, 15) is 9.90 Å². The monoisotopic (exact) mass is 319 g/mol. The number of thiophene rings is 1. The summed E-state index contributed by atoms with van der Waals surface area (Å²) in [5.41, 5.74) is 0.546. The van der Waals surface area contributed by atoms with Crippen LogP contribution in [-0.2, 0) is 9.53 Å². The highest BCUT2D eigenvalue weighted by Gasteiger charge is 2.24. The first-order valence-electron chi connectivity index (χ1n) is 7.19. The summed E-state index contributed by atoms with van der Waals surface area (Å²) >= 11 is 1.55. The molecule has 1 aromatic carbocycles. The molecule has 0 aliphatic heterocycles. The summed E-state index contributed by atoms with van der Waals surface area (Å²) in [6, 6.07) is 12.7. The maximum absolute atomic E-state index is 12.2. The molecule has 1 heterocycles.